The molecule has 0 heterocycles. The van der Waals surface area contributed by atoms with Crippen LogP contribution in [0.1, 0.15) is 33.6 Å². The molecule has 0 amide bonds. The lowest BCUT2D eigenvalue weighted by Crippen LogP contribution is -2.28. The van der Waals surface area contributed by atoms with E-state index in [4.69, 9.17) is 11.6 Å². The number of rotatable bonds is 6. The monoisotopic (exact) mass is 177 g/mol. The van der Waals surface area contributed by atoms with E-state index in [2.05, 4.69) is 26.1 Å². The Morgan fingerprint density at radius 2 is 1.91 bits per heavy atom. The summed E-state index contributed by atoms with van der Waals surface area (Å²) in [6.45, 7) is 7.73. The summed E-state index contributed by atoms with van der Waals surface area (Å²) < 4.78 is 0. The Labute approximate surface area is 75.5 Å². The Hall–Kier alpha value is 0.250. The standard InChI is InChI=1S/C9H20ClN/c1-8(2)5-4-6-11-9(3)7-10/h8-9,11H,4-7H2,1-3H3. The van der Waals surface area contributed by atoms with Crippen LogP contribution in [0.15, 0.2) is 0 Å². The number of nitrogens with one attached hydrogen (secondary N) is 1. The first-order valence-corrected chi connectivity index (χ1v) is 4.99. The maximum atomic E-state index is 5.63. The highest BCUT2D eigenvalue weighted by molar-refractivity contribution is 6.18. The maximum Gasteiger partial charge on any atom is 0.0374 e. The molecule has 11 heavy (non-hydrogen) atoms. The predicted molar refractivity (Wildman–Crippen MR) is 52.3 cm³/mol. The van der Waals surface area contributed by atoms with Crippen LogP contribution in [0.2, 0.25) is 0 Å². The molecule has 68 valence electrons. The summed E-state index contributed by atoms with van der Waals surface area (Å²) >= 11 is 5.63. The number of halogens is 1. The van der Waals surface area contributed by atoms with E-state index < -0.39 is 0 Å². The molecule has 0 aliphatic rings. The number of alkyl halides is 1. The van der Waals surface area contributed by atoms with Gasteiger partial charge in [0.05, 0.1) is 0 Å². The molecular formula is C9H20ClN. The van der Waals surface area contributed by atoms with Crippen LogP contribution in [0.25, 0.3) is 0 Å². The molecule has 0 saturated heterocycles. The van der Waals surface area contributed by atoms with Crippen LogP contribution in [0, 0.1) is 5.92 Å². The summed E-state index contributed by atoms with van der Waals surface area (Å²) in [6.07, 6.45) is 2.57. The van der Waals surface area contributed by atoms with Gasteiger partial charge in [0.15, 0.2) is 0 Å². The van der Waals surface area contributed by atoms with Gasteiger partial charge in [-0.3, -0.25) is 0 Å². The van der Waals surface area contributed by atoms with Crippen LogP contribution in [0.4, 0.5) is 0 Å². The molecule has 0 bridgehead atoms. The minimum Gasteiger partial charge on any atom is -0.313 e. The first kappa shape index (κ1) is 11.2. The summed E-state index contributed by atoms with van der Waals surface area (Å²) in [6, 6.07) is 0.462. The van der Waals surface area contributed by atoms with Crippen molar-refractivity contribution in [3.05, 3.63) is 0 Å². The molecule has 0 saturated carbocycles. The van der Waals surface area contributed by atoms with Crippen LogP contribution in [0.3, 0.4) is 0 Å². The molecule has 1 atom stereocenters. The highest BCUT2D eigenvalue weighted by Crippen LogP contribution is 2.01. The van der Waals surface area contributed by atoms with E-state index in [1.165, 1.54) is 12.8 Å². The van der Waals surface area contributed by atoms with Crippen LogP contribution in [0.5, 0.6) is 0 Å². The van der Waals surface area contributed by atoms with Gasteiger partial charge >= 0.3 is 0 Å². The molecule has 0 aliphatic carbocycles. The number of hydrogen-bond acceptors (Lipinski definition) is 1. The lowest BCUT2D eigenvalue weighted by atomic mass is 10.1. The third kappa shape index (κ3) is 8.15. The summed E-state index contributed by atoms with van der Waals surface area (Å²) in [4.78, 5) is 0. The SMILES string of the molecule is CC(C)CCCNC(C)CCl. The van der Waals surface area contributed by atoms with Crippen molar-refractivity contribution in [3.63, 3.8) is 0 Å². The van der Waals surface area contributed by atoms with Gasteiger partial charge in [-0.2, -0.15) is 0 Å². The van der Waals surface area contributed by atoms with Gasteiger partial charge in [0.2, 0.25) is 0 Å². The Balaban J connectivity index is 3.01. The largest absolute Gasteiger partial charge is 0.313 e. The molecule has 0 fully saturated rings. The number of hydrogen-bond donors (Lipinski definition) is 1. The fourth-order valence-electron chi connectivity index (χ4n) is 0.913. The molecule has 0 aromatic heterocycles. The zero-order chi connectivity index (χ0) is 8.69. The average molecular weight is 178 g/mol. The second kappa shape index (κ2) is 6.93. The first-order valence-electron chi connectivity index (χ1n) is 4.46. The lowest BCUT2D eigenvalue weighted by Gasteiger charge is -2.10. The van der Waals surface area contributed by atoms with E-state index in [-0.39, 0.29) is 0 Å². The molecule has 0 radical (unpaired) electrons. The van der Waals surface area contributed by atoms with Gasteiger partial charge in [0.1, 0.15) is 0 Å². The summed E-state index contributed by atoms with van der Waals surface area (Å²) in [5.41, 5.74) is 0. The van der Waals surface area contributed by atoms with E-state index in [9.17, 15) is 0 Å². The second-order valence-corrected chi connectivity index (χ2v) is 3.85. The molecule has 0 rings (SSSR count). The molecule has 0 aromatic carbocycles. The smallest absolute Gasteiger partial charge is 0.0374 e. The van der Waals surface area contributed by atoms with Crippen LogP contribution in [-0.2, 0) is 0 Å². The van der Waals surface area contributed by atoms with Crippen molar-refractivity contribution < 1.29 is 0 Å². The van der Waals surface area contributed by atoms with Crippen molar-refractivity contribution in [3.8, 4) is 0 Å². The van der Waals surface area contributed by atoms with Gasteiger partial charge in [0.25, 0.3) is 0 Å². The minimum absolute atomic E-state index is 0.462. The molecule has 0 aromatic rings. The Morgan fingerprint density at radius 1 is 1.27 bits per heavy atom. The van der Waals surface area contributed by atoms with E-state index >= 15 is 0 Å². The van der Waals surface area contributed by atoms with Crippen LogP contribution >= 0.6 is 11.6 Å². The normalized spacial score (nSPS) is 13.9. The van der Waals surface area contributed by atoms with Gasteiger partial charge < -0.3 is 5.32 Å². The van der Waals surface area contributed by atoms with Gasteiger partial charge in [0, 0.05) is 11.9 Å². The van der Waals surface area contributed by atoms with Crippen LogP contribution in [-0.4, -0.2) is 18.5 Å². The third-order valence-corrected chi connectivity index (χ3v) is 2.15. The quantitative estimate of drug-likeness (QED) is 0.486. The summed E-state index contributed by atoms with van der Waals surface area (Å²) in [5.74, 6) is 1.53. The molecule has 2 heteroatoms. The zero-order valence-electron chi connectivity index (χ0n) is 7.86. The first-order chi connectivity index (χ1) is 5.16. The van der Waals surface area contributed by atoms with Gasteiger partial charge in [-0.05, 0) is 32.2 Å². The highest BCUT2D eigenvalue weighted by Gasteiger charge is 1.97. The zero-order valence-corrected chi connectivity index (χ0v) is 8.62. The molecule has 1 nitrogen and oxygen atoms in total. The average Bonchev–Trinajstić information content (AvgIpc) is 1.97. The Morgan fingerprint density at radius 3 is 2.36 bits per heavy atom. The minimum atomic E-state index is 0.462. The summed E-state index contributed by atoms with van der Waals surface area (Å²) in [5, 5.41) is 3.36. The van der Waals surface area contributed by atoms with Crippen molar-refractivity contribution in [2.45, 2.75) is 39.7 Å². The van der Waals surface area contributed by atoms with Crippen molar-refractivity contribution in [2.75, 3.05) is 12.4 Å². The molecule has 0 aliphatic heterocycles. The molecule has 0 spiro atoms. The second-order valence-electron chi connectivity index (χ2n) is 3.55. The Kier molecular flexibility index (Phi) is 7.09. The summed E-state index contributed by atoms with van der Waals surface area (Å²) in [7, 11) is 0. The van der Waals surface area contributed by atoms with Crippen molar-refractivity contribution in [2.24, 2.45) is 5.92 Å². The fraction of sp³-hybridized carbons (Fsp3) is 1.00. The van der Waals surface area contributed by atoms with E-state index in [1.807, 2.05) is 0 Å². The fourth-order valence-corrected chi connectivity index (χ4v) is 1.02. The van der Waals surface area contributed by atoms with Crippen LogP contribution < -0.4 is 5.32 Å². The van der Waals surface area contributed by atoms with Gasteiger partial charge in [-0.15, -0.1) is 11.6 Å². The van der Waals surface area contributed by atoms with Crippen molar-refractivity contribution in [1.29, 1.82) is 0 Å². The highest BCUT2D eigenvalue weighted by atomic mass is 35.5. The predicted octanol–water partition coefficient (Wildman–Crippen LogP) is 2.64. The topological polar surface area (TPSA) is 12.0 Å². The maximum absolute atomic E-state index is 5.63. The van der Waals surface area contributed by atoms with Gasteiger partial charge in [-0.25, -0.2) is 0 Å². The van der Waals surface area contributed by atoms with Crippen molar-refractivity contribution in [1.82, 2.24) is 5.32 Å². The third-order valence-electron chi connectivity index (χ3n) is 1.68. The molecular weight excluding hydrogens is 158 g/mol. The molecule has 1 N–H and O–H groups in total. The lowest BCUT2D eigenvalue weighted by molar-refractivity contribution is 0.505. The van der Waals surface area contributed by atoms with Crippen molar-refractivity contribution >= 4 is 11.6 Å². The van der Waals surface area contributed by atoms with E-state index in [0.717, 1.165) is 12.5 Å². The van der Waals surface area contributed by atoms with Gasteiger partial charge in [-0.1, -0.05) is 13.8 Å². The Bertz CT molecular complexity index is 83.6. The molecule has 1 unspecified atom stereocenters. The van der Waals surface area contributed by atoms with E-state index in [0.29, 0.717) is 11.9 Å². The van der Waals surface area contributed by atoms with E-state index in [1.54, 1.807) is 0 Å².